The highest BCUT2D eigenvalue weighted by Crippen LogP contribution is 2.18. The minimum atomic E-state index is -0.0941. The van der Waals surface area contributed by atoms with Gasteiger partial charge >= 0.3 is 0 Å². The first-order chi connectivity index (χ1) is 12.5. The number of benzene rings is 1. The van der Waals surface area contributed by atoms with Crippen molar-refractivity contribution in [2.45, 2.75) is 39.3 Å². The highest BCUT2D eigenvalue weighted by Gasteiger charge is 2.14. The molecule has 2 aromatic heterocycles. The number of furan rings is 1. The van der Waals surface area contributed by atoms with Gasteiger partial charge in [-0.15, -0.1) is 0 Å². The van der Waals surface area contributed by atoms with E-state index in [-0.39, 0.29) is 18.5 Å². The molecule has 6 nitrogen and oxygen atoms in total. The Morgan fingerprint density at radius 1 is 1.38 bits per heavy atom. The number of nitrogens with one attached hydrogen (secondary N) is 2. The summed E-state index contributed by atoms with van der Waals surface area (Å²) in [7, 11) is 0. The molecule has 3 rings (SSSR count). The van der Waals surface area contributed by atoms with E-state index in [0.717, 1.165) is 29.7 Å². The predicted octanol–water partition coefficient (Wildman–Crippen LogP) is 3.65. The van der Waals surface area contributed by atoms with E-state index >= 15 is 0 Å². The van der Waals surface area contributed by atoms with Crippen molar-refractivity contribution in [3.8, 4) is 11.4 Å². The monoisotopic (exact) mass is 370 g/mol. The standard InChI is InChI=1S/C19H22N4O2S/c1-13-5-3-6-15(11-13)18-21-22-19(26)23(18)12-17(24)20-14(2)8-9-16-7-4-10-25-16/h3-7,10-11,14H,8-9,12H2,1-2H3,(H,20,24)(H,22,26). The third-order valence-corrected chi connectivity index (χ3v) is 4.46. The quantitative estimate of drug-likeness (QED) is 0.623. The lowest BCUT2D eigenvalue weighted by Gasteiger charge is -2.14. The smallest absolute Gasteiger partial charge is 0.240 e. The molecule has 0 saturated heterocycles. The average Bonchev–Trinajstić information content (AvgIpc) is 3.24. The largest absolute Gasteiger partial charge is 0.469 e. The molecule has 0 saturated carbocycles. The topological polar surface area (TPSA) is 75.8 Å². The van der Waals surface area contributed by atoms with E-state index in [2.05, 4.69) is 15.5 Å². The van der Waals surface area contributed by atoms with E-state index in [1.165, 1.54) is 0 Å². The van der Waals surface area contributed by atoms with Crippen molar-refractivity contribution in [3.63, 3.8) is 0 Å². The molecule has 0 fully saturated rings. The number of rotatable bonds is 7. The molecule has 0 radical (unpaired) electrons. The Kier molecular flexibility index (Phi) is 5.68. The molecule has 2 heterocycles. The molecule has 136 valence electrons. The second-order valence-electron chi connectivity index (χ2n) is 6.39. The second kappa shape index (κ2) is 8.14. The van der Waals surface area contributed by atoms with Crippen molar-refractivity contribution in [2.75, 3.05) is 0 Å². The molecule has 0 bridgehead atoms. The number of hydrogen-bond acceptors (Lipinski definition) is 4. The van der Waals surface area contributed by atoms with Crippen LogP contribution in [0, 0.1) is 11.7 Å². The lowest BCUT2D eigenvalue weighted by atomic mass is 10.1. The molecule has 7 heteroatoms. The van der Waals surface area contributed by atoms with Crippen LogP contribution in [-0.4, -0.2) is 26.7 Å². The zero-order chi connectivity index (χ0) is 18.5. The maximum absolute atomic E-state index is 12.4. The van der Waals surface area contributed by atoms with Crippen LogP contribution in [0.2, 0.25) is 0 Å². The van der Waals surface area contributed by atoms with Gasteiger partial charge in [0.25, 0.3) is 0 Å². The fourth-order valence-corrected chi connectivity index (χ4v) is 3.02. The van der Waals surface area contributed by atoms with Gasteiger partial charge in [-0.1, -0.05) is 23.8 Å². The summed E-state index contributed by atoms with van der Waals surface area (Å²) in [5, 5.41) is 10.1. The maximum Gasteiger partial charge on any atom is 0.240 e. The number of carbonyl (C=O) groups is 1. The minimum absolute atomic E-state index is 0.0380. The Morgan fingerprint density at radius 3 is 2.96 bits per heavy atom. The van der Waals surface area contributed by atoms with Crippen LogP contribution in [0.15, 0.2) is 47.1 Å². The van der Waals surface area contributed by atoms with Gasteiger partial charge in [-0.05, 0) is 50.7 Å². The number of aromatic nitrogens is 3. The van der Waals surface area contributed by atoms with Crippen molar-refractivity contribution in [3.05, 3.63) is 58.8 Å². The Balaban J connectivity index is 1.64. The number of aryl methyl sites for hydroxylation is 2. The van der Waals surface area contributed by atoms with Gasteiger partial charge in [-0.2, -0.15) is 5.10 Å². The average molecular weight is 370 g/mol. The first kappa shape index (κ1) is 18.1. The maximum atomic E-state index is 12.4. The van der Waals surface area contributed by atoms with Gasteiger partial charge in [-0.3, -0.25) is 14.5 Å². The van der Waals surface area contributed by atoms with Gasteiger partial charge in [0.05, 0.1) is 6.26 Å². The summed E-state index contributed by atoms with van der Waals surface area (Å²) in [6.45, 7) is 4.13. The Bertz CT molecular complexity index is 927. The molecule has 1 unspecified atom stereocenters. The number of carbonyl (C=O) groups excluding carboxylic acids is 1. The van der Waals surface area contributed by atoms with Gasteiger partial charge < -0.3 is 9.73 Å². The summed E-state index contributed by atoms with van der Waals surface area (Å²) in [5.41, 5.74) is 2.05. The Hall–Kier alpha value is -2.67. The number of H-pyrrole nitrogens is 1. The van der Waals surface area contributed by atoms with E-state index in [4.69, 9.17) is 16.6 Å². The lowest BCUT2D eigenvalue weighted by Crippen LogP contribution is -2.35. The molecule has 0 aliphatic carbocycles. The van der Waals surface area contributed by atoms with Gasteiger partial charge in [-0.25, -0.2) is 0 Å². The van der Waals surface area contributed by atoms with Crippen LogP contribution in [0.4, 0.5) is 0 Å². The molecule has 0 aliphatic rings. The lowest BCUT2D eigenvalue weighted by molar-refractivity contribution is -0.122. The summed E-state index contributed by atoms with van der Waals surface area (Å²) in [5.74, 6) is 1.49. The van der Waals surface area contributed by atoms with Crippen molar-refractivity contribution in [2.24, 2.45) is 0 Å². The molecule has 0 spiro atoms. The first-order valence-electron chi connectivity index (χ1n) is 8.57. The van der Waals surface area contributed by atoms with E-state index in [9.17, 15) is 4.79 Å². The summed E-state index contributed by atoms with van der Waals surface area (Å²) < 4.78 is 7.47. The van der Waals surface area contributed by atoms with Gasteiger partial charge in [0, 0.05) is 18.0 Å². The highest BCUT2D eigenvalue weighted by molar-refractivity contribution is 7.71. The van der Waals surface area contributed by atoms with Crippen molar-refractivity contribution in [1.29, 1.82) is 0 Å². The number of nitrogens with zero attached hydrogens (tertiary/aromatic N) is 2. The van der Waals surface area contributed by atoms with Crippen LogP contribution >= 0.6 is 12.2 Å². The van der Waals surface area contributed by atoms with Crippen LogP contribution in [0.5, 0.6) is 0 Å². The van der Waals surface area contributed by atoms with Crippen LogP contribution in [-0.2, 0) is 17.8 Å². The van der Waals surface area contributed by atoms with Crippen molar-refractivity contribution < 1.29 is 9.21 Å². The molecule has 26 heavy (non-hydrogen) atoms. The van der Waals surface area contributed by atoms with Gasteiger partial charge in [0.2, 0.25) is 5.91 Å². The van der Waals surface area contributed by atoms with Gasteiger partial charge in [0.15, 0.2) is 10.6 Å². The third kappa shape index (κ3) is 4.49. The highest BCUT2D eigenvalue weighted by atomic mass is 32.1. The zero-order valence-corrected chi connectivity index (χ0v) is 15.7. The molecule has 1 aromatic carbocycles. The van der Waals surface area contributed by atoms with E-state index in [1.807, 2.05) is 50.2 Å². The molecule has 1 amide bonds. The number of hydrogen-bond donors (Lipinski definition) is 2. The van der Waals surface area contributed by atoms with Crippen molar-refractivity contribution >= 4 is 18.1 Å². The fraction of sp³-hybridized carbons (Fsp3) is 0.316. The SMILES string of the molecule is Cc1cccc(-c2n[nH]c(=S)n2CC(=O)NC(C)CCc2ccco2)c1. The predicted molar refractivity (Wildman–Crippen MR) is 102 cm³/mol. The van der Waals surface area contributed by atoms with Crippen molar-refractivity contribution in [1.82, 2.24) is 20.1 Å². The minimum Gasteiger partial charge on any atom is -0.469 e. The third-order valence-electron chi connectivity index (χ3n) is 4.15. The summed E-state index contributed by atoms with van der Waals surface area (Å²) in [6, 6.07) is 11.8. The Labute approximate surface area is 157 Å². The zero-order valence-electron chi connectivity index (χ0n) is 14.9. The van der Waals surface area contributed by atoms with E-state index < -0.39 is 0 Å². The molecule has 1 atom stereocenters. The summed E-state index contributed by atoms with van der Waals surface area (Å²) in [6.07, 6.45) is 3.25. The first-order valence-corrected chi connectivity index (χ1v) is 8.98. The normalized spacial score (nSPS) is 12.1. The molecule has 3 aromatic rings. The van der Waals surface area contributed by atoms with Crippen LogP contribution in [0.1, 0.15) is 24.7 Å². The fourth-order valence-electron chi connectivity index (χ4n) is 2.82. The van der Waals surface area contributed by atoms with E-state index in [0.29, 0.717) is 10.6 Å². The summed E-state index contributed by atoms with van der Waals surface area (Å²) in [4.78, 5) is 12.4. The van der Waals surface area contributed by atoms with Gasteiger partial charge in [0.1, 0.15) is 12.3 Å². The molecule has 2 N–H and O–H groups in total. The Morgan fingerprint density at radius 2 is 2.23 bits per heavy atom. The van der Waals surface area contributed by atoms with Crippen LogP contribution in [0.3, 0.4) is 0 Å². The molecule has 0 aliphatic heterocycles. The number of aromatic amines is 1. The van der Waals surface area contributed by atoms with Crippen LogP contribution in [0.25, 0.3) is 11.4 Å². The molecular formula is C19H22N4O2S. The summed E-state index contributed by atoms with van der Waals surface area (Å²) >= 11 is 5.30. The van der Waals surface area contributed by atoms with E-state index in [1.54, 1.807) is 10.8 Å². The second-order valence-corrected chi connectivity index (χ2v) is 6.78. The van der Waals surface area contributed by atoms with Crippen LogP contribution < -0.4 is 5.32 Å². The molecular weight excluding hydrogens is 348 g/mol. The number of amides is 1.